The van der Waals surface area contributed by atoms with Gasteiger partial charge in [0.25, 0.3) is 0 Å². The van der Waals surface area contributed by atoms with Crippen molar-refractivity contribution in [1.29, 1.82) is 0 Å². The van der Waals surface area contributed by atoms with Crippen molar-refractivity contribution in [3.8, 4) is 11.5 Å². The van der Waals surface area contributed by atoms with Crippen LogP contribution in [-0.4, -0.2) is 31.5 Å². The lowest BCUT2D eigenvalue weighted by Crippen LogP contribution is -2.27. The van der Waals surface area contributed by atoms with Gasteiger partial charge in [0.15, 0.2) is 11.5 Å². The number of fused-ring (bicyclic) bond motifs is 1. The van der Waals surface area contributed by atoms with Gasteiger partial charge < -0.3 is 14.9 Å². The zero-order valence-corrected chi connectivity index (χ0v) is 11.3. The highest BCUT2D eigenvalue weighted by molar-refractivity contribution is 5.89. The number of nitrogens with zero attached hydrogens (tertiary/aromatic N) is 2. The molecule has 1 aromatic carbocycles. The number of aromatic nitrogens is 2. The Kier molecular flexibility index (Phi) is 2.88. The van der Waals surface area contributed by atoms with Gasteiger partial charge in [-0.1, -0.05) is 0 Å². The van der Waals surface area contributed by atoms with E-state index in [0.29, 0.717) is 16.9 Å². The van der Waals surface area contributed by atoms with Crippen molar-refractivity contribution in [2.45, 2.75) is 33.3 Å². The molecule has 0 aliphatic carbocycles. The van der Waals surface area contributed by atoms with Gasteiger partial charge in [0.05, 0.1) is 11.0 Å². The lowest BCUT2D eigenvalue weighted by molar-refractivity contribution is 0.0540. The van der Waals surface area contributed by atoms with Gasteiger partial charge in [-0.2, -0.15) is 0 Å². The van der Waals surface area contributed by atoms with E-state index in [9.17, 15) is 15.0 Å². The predicted molar refractivity (Wildman–Crippen MR) is 69.4 cm³/mol. The Morgan fingerprint density at radius 1 is 1.26 bits per heavy atom. The van der Waals surface area contributed by atoms with E-state index in [1.165, 1.54) is 16.7 Å². The number of imidazole rings is 1. The Balaban J connectivity index is 2.57. The summed E-state index contributed by atoms with van der Waals surface area (Å²) in [6.07, 6.45) is -0.572. The van der Waals surface area contributed by atoms with Crippen molar-refractivity contribution in [3.63, 3.8) is 0 Å². The fourth-order valence-corrected chi connectivity index (χ4v) is 1.76. The Hall–Kier alpha value is -2.24. The fraction of sp³-hybridized carbons (Fsp3) is 0.385. The first-order valence-electron chi connectivity index (χ1n) is 5.83. The zero-order chi connectivity index (χ0) is 14.4. The standard InChI is InChI=1S/C13H16N2O4/c1-7-14-8-5-10(16)11(17)6-9(8)15(7)12(18)19-13(2,3)4/h5-6,16-17H,1-4H3. The van der Waals surface area contributed by atoms with Gasteiger partial charge >= 0.3 is 6.09 Å². The molecule has 0 bridgehead atoms. The van der Waals surface area contributed by atoms with Crippen LogP contribution in [0.5, 0.6) is 11.5 Å². The molecule has 0 unspecified atom stereocenters. The van der Waals surface area contributed by atoms with Crippen LogP contribution >= 0.6 is 0 Å². The molecule has 1 aromatic heterocycles. The Bertz CT molecular complexity index is 653. The van der Waals surface area contributed by atoms with Crippen molar-refractivity contribution < 1.29 is 19.7 Å². The second-order valence-electron chi connectivity index (χ2n) is 5.30. The second kappa shape index (κ2) is 4.15. The monoisotopic (exact) mass is 264 g/mol. The molecule has 19 heavy (non-hydrogen) atoms. The number of ether oxygens (including phenoxy) is 1. The number of hydrogen-bond acceptors (Lipinski definition) is 5. The number of aryl methyl sites for hydroxylation is 1. The first-order valence-corrected chi connectivity index (χ1v) is 5.83. The van der Waals surface area contributed by atoms with E-state index in [1.54, 1.807) is 27.7 Å². The summed E-state index contributed by atoms with van der Waals surface area (Å²) in [5, 5.41) is 18.9. The number of phenols is 2. The maximum absolute atomic E-state index is 12.1. The fourth-order valence-electron chi connectivity index (χ4n) is 1.76. The van der Waals surface area contributed by atoms with Crippen molar-refractivity contribution in [2.75, 3.05) is 0 Å². The molecule has 0 saturated heterocycles. The van der Waals surface area contributed by atoms with Crippen molar-refractivity contribution in [2.24, 2.45) is 0 Å². The highest BCUT2D eigenvalue weighted by Crippen LogP contribution is 2.30. The van der Waals surface area contributed by atoms with Gasteiger partial charge in [-0.25, -0.2) is 14.3 Å². The molecule has 0 aliphatic rings. The third-order valence-corrected chi connectivity index (χ3v) is 2.49. The van der Waals surface area contributed by atoms with E-state index in [0.717, 1.165) is 0 Å². The highest BCUT2D eigenvalue weighted by Gasteiger charge is 2.22. The van der Waals surface area contributed by atoms with Crippen LogP contribution in [0.2, 0.25) is 0 Å². The van der Waals surface area contributed by atoms with Gasteiger partial charge in [0.2, 0.25) is 0 Å². The van der Waals surface area contributed by atoms with Crippen LogP contribution in [-0.2, 0) is 4.74 Å². The average molecular weight is 264 g/mol. The van der Waals surface area contributed by atoms with Crippen LogP contribution in [0.25, 0.3) is 11.0 Å². The maximum atomic E-state index is 12.1. The molecule has 6 heteroatoms. The molecular weight excluding hydrogens is 248 g/mol. The molecule has 6 nitrogen and oxygen atoms in total. The Labute approximate surface area is 110 Å². The Morgan fingerprint density at radius 3 is 2.42 bits per heavy atom. The average Bonchev–Trinajstić information content (AvgIpc) is 2.52. The third kappa shape index (κ3) is 2.47. The minimum atomic E-state index is -0.626. The van der Waals surface area contributed by atoms with E-state index >= 15 is 0 Å². The summed E-state index contributed by atoms with van der Waals surface area (Å²) >= 11 is 0. The first-order chi connectivity index (χ1) is 8.69. The summed E-state index contributed by atoms with van der Waals surface area (Å²) in [6, 6.07) is 2.59. The molecule has 1 heterocycles. The minimum Gasteiger partial charge on any atom is -0.504 e. The molecule has 0 fully saturated rings. The third-order valence-electron chi connectivity index (χ3n) is 2.49. The summed E-state index contributed by atoms with van der Waals surface area (Å²) < 4.78 is 6.54. The number of hydrogen-bond donors (Lipinski definition) is 2. The van der Waals surface area contributed by atoms with Gasteiger partial charge in [-0.05, 0) is 27.7 Å². The summed E-state index contributed by atoms with van der Waals surface area (Å²) in [7, 11) is 0. The van der Waals surface area contributed by atoms with E-state index < -0.39 is 11.7 Å². The lowest BCUT2D eigenvalue weighted by atomic mass is 10.2. The number of carbonyl (C=O) groups is 1. The molecule has 2 rings (SSSR count). The summed E-state index contributed by atoms with van der Waals surface area (Å²) in [5.74, 6) is -0.159. The van der Waals surface area contributed by atoms with Crippen molar-refractivity contribution >= 4 is 17.1 Å². The van der Waals surface area contributed by atoms with E-state index in [1.807, 2.05) is 0 Å². The molecule has 0 radical (unpaired) electrons. The van der Waals surface area contributed by atoms with Crippen LogP contribution in [0.1, 0.15) is 26.6 Å². The molecule has 102 valence electrons. The van der Waals surface area contributed by atoms with E-state index in [4.69, 9.17) is 4.74 Å². The maximum Gasteiger partial charge on any atom is 0.420 e. The van der Waals surface area contributed by atoms with Crippen LogP contribution in [0, 0.1) is 6.92 Å². The van der Waals surface area contributed by atoms with Gasteiger partial charge in [-0.3, -0.25) is 0 Å². The van der Waals surface area contributed by atoms with Crippen LogP contribution in [0.3, 0.4) is 0 Å². The molecular formula is C13H16N2O4. The largest absolute Gasteiger partial charge is 0.504 e. The smallest absolute Gasteiger partial charge is 0.420 e. The zero-order valence-electron chi connectivity index (χ0n) is 11.3. The molecule has 0 spiro atoms. The number of benzene rings is 1. The number of rotatable bonds is 0. The highest BCUT2D eigenvalue weighted by atomic mass is 16.6. The van der Waals surface area contributed by atoms with Gasteiger partial charge in [0, 0.05) is 12.1 Å². The van der Waals surface area contributed by atoms with E-state index in [-0.39, 0.29) is 11.5 Å². The van der Waals surface area contributed by atoms with Gasteiger partial charge in [-0.15, -0.1) is 0 Å². The molecule has 0 saturated carbocycles. The molecule has 0 amide bonds. The molecule has 0 aliphatic heterocycles. The quantitative estimate of drug-likeness (QED) is 0.714. The number of aromatic hydroxyl groups is 2. The van der Waals surface area contributed by atoms with Crippen molar-refractivity contribution in [1.82, 2.24) is 9.55 Å². The topological polar surface area (TPSA) is 84.6 Å². The van der Waals surface area contributed by atoms with E-state index in [2.05, 4.69) is 4.98 Å². The molecule has 2 N–H and O–H groups in total. The second-order valence-corrected chi connectivity index (χ2v) is 5.30. The van der Waals surface area contributed by atoms with Gasteiger partial charge in [0.1, 0.15) is 11.4 Å². The van der Waals surface area contributed by atoms with Crippen LogP contribution in [0.4, 0.5) is 4.79 Å². The predicted octanol–water partition coefficient (Wildman–Crippen LogP) is 2.54. The van der Waals surface area contributed by atoms with Crippen LogP contribution < -0.4 is 0 Å². The minimum absolute atomic E-state index is 0.277. The summed E-state index contributed by atoms with van der Waals surface area (Å²) in [6.45, 7) is 6.95. The molecule has 0 atom stereocenters. The first kappa shape index (κ1) is 13.2. The summed E-state index contributed by atoms with van der Waals surface area (Å²) in [4.78, 5) is 16.3. The normalized spacial score (nSPS) is 11.8. The number of carbonyl (C=O) groups excluding carboxylic acids is 1. The lowest BCUT2D eigenvalue weighted by Gasteiger charge is -2.20. The summed E-state index contributed by atoms with van der Waals surface area (Å²) in [5.41, 5.74) is 0.180. The SMILES string of the molecule is Cc1nc2cc(O)c(O)cc2n1C(=O)OC(C)(C)C. The Morgan fingerprint density at radius 2 is 1.84 bits per heavy atom. The van der Waals surface area contributed by atoms with Crippen LogP contribution in [0.15, 0.2) is 12.1 Å². The van der Waals surface area contributed by atoms with Crippen molar-refractivity contribution in [3.05, 3.63) is 18.0 Å². The molecule has 2 aromatic rings. The number of phenolic OH excluding ortho intramolecular Hbond substituents is 2.